The van der Waals surface area contributed by atoms with Crippen LogP contribution in [0.3, 0.4) is 0 Å². The van der Waals surface area contributed by atoms with Gasteiger partial charge in [-0.3, -0.25) is 0 Å². The minimum absolute atomic E-state index is 0.842. The van der Waals surface area contributed by atoms with Crippen molar-refractivity contribution in [1.82, 2.24) is 15.0 Å². The Bertz CT molecular complexity index is 225. The highest BCUT2D eigenvalue weighted by molar-refractivity contribution is 5.74. The van der Waals surface area contributed by atoms with Crippen molar-refractivity contribution in [3.63, 3.8) is 0 Å². The quantitative estimate of drug-likeness (QED) is 0.460. The van der Waals surface area contributed by atoms with Gasteiger partial charge in [0.15, 0.2) is 5.82 Å². The van der Waals surface area contributed by atoms with Crippen LogP contribution in [0.15, 0.2) is 17.5 Å². The Kier molecular flexibility index (Phi) is 2.04. The number of hydrazone groups is 1. The van der Waals surface area contributed by atoms with Gasteiger partial charge in [-0.05, 0) is 0 Å². The fourth-order valence-corrected chi connectivity index (χ4v) is 0.624. The van der Waals surface area contributed by atoms with Crippen LogP contribution in [0.1, 0.15) is 5.82 Å². The van der Waals surface area contributed by atoms with Crippen LogP contribution in [0.5, 0.6) is 0 Å². The van der Waals surface area contributed by atoms with E-state index in [1.807, 2.05) is 17.8 Å². The summed E-state index contributed by atoms with van der Waals surface area (Å²) in [5.41, 5.74) is 2.65. The predicted molar refractivity (Wildman–Crippen MR) is 39.9 cm³/mol. The number of nitrogens with one attached hydrogen (secondary N) is 1. The second-order valence-electron chi connectivity index (χ2n) is 1.88. The zero-order chi connectivity index (χ0) is 7.40. The normalized spacial score (nSPS) is 10.6. The van der Waals surface area contributed by atoms with Gasteiger partial charge in [0.25, 0.3) is 0 Å². The third-order valence-corrected chi connectivity index (χ3v) is 1.17. The number of aryl methyl sites for hydroxylation is 1. The van der Waals surface area contributed by atoms with Gasteiger partial charge in [0.1, 0.15) is 0 Å². The van der Waals surface area contributed by atoms with Crippen LogP contribution < -0.4 is 5.43 Å². The summed E-state index contributed by atoms with van der Waals surface area (Å²) >= 11 is 0. The van der Waals surface area contributed by atoms with Gasteiger partial charge < -0.3 is 9.99 Å². The standard InChI is InChI=1S/C6H10N4/c1-7-9-5-6-8-3-4-10(6)2/h3-5,7H,1-2H3/b9-5+. The van der Waals surface area contributed by atoms with Gasteiger partial charge >= 0.3 is 0 Å². The van der Waals surface area contributed by atoms with E-state index in [1.54, 1.807) is 19.5 Å². The summed E-state index contributed by atoms with van der Waals surface area (Å²) in [7, 11) is 3.67. The summed E-state index contributed by atoms with van der Waals surface area (Å²) in [5.74, 6) is 0.842. The summed E-state index contributed by atoms with van der Waals surface area (Å²) in [6, 6.07) is 0. The fourth-order valence-electron chi connectivity index (χ4n) is 0.624. The van der Waals surface area contributed by atoms with E-state index in [4.69, 9.17) is 0 Å². The van der Waals surface area contributed by atoms with Crippen LogP contribution >= 0.6 is 0 Å². The Morgan fingerprint density at radius 3 is 3.10 bits per heavy atom. The number of rotatable bonds is 2. The minimum atomic E-state index is 0.842. The Morgan fingerprint density at radius 2 is 2.60 bits per heavy atom. The van der Waals surface area contributed by atoms with Crippen molar-refractivity contribution in [2.45, 2.75) is 0 Å². The Labute approximate surface area is 59.6 Å². The van der Waals surface area contributed by atoms with Crippen molar-refractivity contribution in [3.8, 4) is 0 Å². The minimum Gasteiger partial charge on any atom is -0.333 e. The second kappa shape index (κ2) is 3.00. The van der Waals surface area contributed by atoms with Crippen molar-refractivity contribution >= 4 is 6.21 Å². The van der Waals surface area contributed by atoms with Crippen LogP contribution in [-0.4, -0.2) is 22.8 Å². The molecular weight excluding hydrogens is 128 g/mol. The van der Waals surface area contributed by atoms with Gasteiger partial charge in [-0.25, -0.2) is 4.98 Å². The Balaban J connectivity index is 2.74. The molecule has 1 rings (SSSR count). The molecule has 1 N–H and O–H groups in total. The average Bonchev–Trinajstić information content (AvgIpc) is 2.31. The molecule has 0 fully saturated rings. The molecule has 0 amide bonds. The molecule has 0 aliphatic heterocycles. The lowest BCUT2D eigenvalue weighted by Crippen LogP contribution is -1.99. The highest BCUT2D eigenvalue weighted by atomic mass is 15.3. The predicted octanol–water partition coefficient (Wildman–Crippen LogP) is -0.0266. The van der Waals surface area contributed by atoms with Gasteiger partial charge in [0.05, 0.1) is 6.21 Å². The molecule has 0 aromatic carbocycles. The topological polar surface area (TPSA) is 42.2 Å². The van der Waals surface area contributed by atoms with Crippen LogP contribution in [0.2, 0.25) is 0 Å². The monoisotopic (exact) mass is 138 g/mol. The first kappa shape index (κ1) is 6.80. The van der Waals surface area contributed by atoms with E-state index in [1.165, 1.54) is 0 Å². The number of imidazole rings is 1. The van der Waals surface area contributed by atoms with Gasteiger partial charge in [0, 0.05) is 26.5 Å². The first-order valence-electron chi connectivity index (χ1n) is 3.01. The van der Waals surface area contributed by atoms with Crippen molar-refractivity contribution in [1.29, 1.82) is 0 Å². The molecule has 10 heavy (non-hydrogen) atoms. The van der Waals surface area contributed by atoms with Gasteiger partial charge in [-0.15, -0.1) is 0 Å². The molecular formula is C6H10N4. The Morgan fingerprint density at radius 1 is 1.80 bits per heavy atom. The van der Waals surface area contributed by atoms with Crippen LogP contribution in [-0.2, 0) is 7.05 Å². The molecule has 4 heteroatoms. The third kappa shape index (κ3) is 1.34. The average molecular weight is 138 g/mol. The molecule has 0 unspecified atom stereocenters. The molecule has 54 valence electrons. The molecule has 0 spiro atoms. The number of nitrogens with zero attached hydrogens (tertiary/aromatic N) is 3. The maximum absolute atomic E-state index is 4.03. The summed E-state index contributed by atoms with van der Waals surface area (Å²) in [6.45, 7) is 0. The molecule has 0 saturated heterocycles. The summed E-state index contributed by atoms with van der Waals surface area (Å²) in [6.07, 6.45) is 5.27. The molecule has 1 aromatic heterocycles. The van der Waals surface area contributed by atoms with E-state index in [0.717, 1.165) is 5.82 Å². The molecule has 0 aliphatic carbocycles. The third-order valence-electron chi connectivity index (χ3n) is 1.17. The fraction of sp³-hybridized carbons (Fsp3) is 0.333. The summed E-state index contributed by atoms with van der Waals surface area (Å²) < 4.78 is 1.89. The van der Waals surface area contributed by atoms with Crippen molar-refractivity contribution in [2.75, 3.05) is 7.05 Å². The van der Waals surface area contributed by atoms with Crippen molar-refractivity contribution < 1.29 is 0 Å². The molecule has 0 atom stereocenters. The van der Waals surface area contributed by atoms with Crippen LogP contribution in [0, 0.1) is 0 Å². The van der Waals surface area contributed by atoms with Crippen molar-refractivity contribution in [3.05, 3.63) is 18.2 Å². The van der Waals surface area contributed by atoms with Crippen molar-refractivity contribution in [2.24, 2.45) is 12.1 Å². The summed E-state index contributed by atoms with van der Waals surface area (Å²) in [4.78, 5) is 4.03. The zero-order valence-electron chi connectivity index (χ0n) is 6.07. The van der Waals surface area contributed by atoms with Gasteiger partial charge in [-0.1, -0.05) is 0 Å². The molecule has 1 heterocycles. The SMILES string of the molecule is CN/N=C/c1nccn1C. The lowest BCUT2D eigenvalue weighted by atomic mass is 10.7. The number of hydrogen-bond acceptors (Lipinski definition) is 3. The van der Waals surface area contributed by atoms with E-state index >= 15 is 0 Å². The number of hydrogen-bond donors (Lipinski definition) is 1. The molecule has 1 aromatic rings. The van der Waals surface area contributed by atoms with E-state index in [-0.39, 0.29) is 0 Å². The van der Waals surface area contributed by atoms with Crippen LogP contribution in [0.25, 0.3) is 0 Å². The first-order chi connectivity index (χ1) is 4.84. The highest BCUT2D eigenvalue weighted by Crippen LogP contribution is 1.87. The number of aromatic nitrogens is 2. The zero-order valence-corrected chi connectivity index (χ0v) is 6.07. The van der Waals surface area contributed by atoms with Crippen LogP contribution in [0.4, 0.5) is 0 Å². The molecule has 4 nitrogen and oxygen atoms in total. The van der Waals surface area contributed by atoms with Gasteiger partial charge in [0.2, 0.25) is 0 Å². The van der Waals surface area contributed by atoms with E-state index in [0.29, 0.717) is 0 Å². The lowest BCUT2D eigenvalue weighted by molar-refractivity contribution is 0.877. The lowest BCUT2D eigenvalue weighted by Gasteiger charge is -1.91. The van der Waals surface area contributed by atoms with E-state index in [9.17, 15) is 0 Å². The maximum Gasteiger partial charge on any atom is 0.152 e. The summed E-state index contributed by atoms with van der Waals surface area (Å²) in [5, 5.41) is 3.82. The molecule has 0 aliphatic rings. The van der Waals surface area contributed by atoms with E-state index in [2.05, 4.69) is 15.5 Å². The highest BCUT2D eigenvalue weighted by Gasteiger charge is 1.90. The van der Waals surface area contributed by atoms with Gasteiger partial charge in [-0.2, -0.15) is 5.10 Å². The molecule has 0 bridgehead atoms. The first-order valence-corrected chi connectivity index (χ1v) is 3.01. The largest absolute Gasteiger partial charge is 0.333 e. The molecule has 0 saturated carbocycles. The second-order valence-corrected chi connectivity index (χ2v) is 1.88. The van der Waals surface area contributed by atoms with E-state index < -0.39 is 0 Å². The maximum atomic E-state index is 4.03. The Hall–Kier alpha value is -1.32. The molecule has 0 radical (unpaired) electrons. The smallest absolute Gasteiger partial charge is 0.152 e.